The molecule has 0 amide bonds. The van der Waals surface area contributed by atoms with Gasteiger partial charge >= 0.3 is 6.18 Å². The van der Waals surface area contributed by atoms with Gasteiger partial charge in [0.25, 0.3) is 0 Å². The van der Waals surface area contributed by atoms with E-state index in [1.165, 1.54) is 12.1 Å². The summed E-state index contributed by atoms with van der Waals surface area (Å²) in [4.78, 5) is 0. The molecule has 1 N–H and O–H groups in total. The van der Waals surface area contributed by atoms with Gasteiger partial charge < -0.3 is 5.32 Å². The van der Waals surface area contributed by atoms with Crippen LogP contribution in [-0.2, 0) is 16.0 Å². The Morgan fingerprint density at radius 1 is 1.19 bits per heavy atom. The molecule has 21 heavy (non-hydrogen) atoms. The minimum Gasteiger partial charge on any atom is -0.384 e. The summed E-state index contributed by atoms with van der Waals surface area (Å²) >= 11 is 5.57. The summed E-state index contributed by atoms with van der Waals surface area (Å²) in [5.41, 5.74) is -1.10. The number of nitrogens with one attached hydrogen (secondary N) is 1. The number of benzene rings is 1. The quantitative estimate of drug-likeness (QED) is 0.899. The average molecular weight is 344 g/mol. The van der Waals surface area contributed by atoms with Gasteiger partial charge in [-0.1, -0.05) is 11.6 Å². The molecule has 1 rings (SSSR count). The molecule has 0 heterocycles. The lowest BCUT2D eigenvalue weighted by Gasteiger charge is -2.20. The second-order valence-electron chi connectivity index (χ2n) is 5.55. The maximum absolute atomic E-state index is 12.9. The molecule has 8 heteroatoms. The monoisotopic (exact) mass is 343 g/mol. The van der Waals surface area contributed by atoms with Gasteiger partial charge in [0.15, 0.2) is 9.84 Å². The fraction of sp³-hybridized carbons (Fsp3) is 0.538. The van der Waals surface area contributed by atoms with Crippen LogP contribution in [0.25, 0.3) is 0 Å². The van der Waals surface area contributed by atoms with E-state index in [2.05, 4.69) is 5.32 Å². The lowest BCUT2D eigenvalue weighted by Crippen LogP contribution is -2.33. The molecule has 0 saturated heterocycles. The normalized spacial score (nSPS) is 13.3. The third-order valence-electron chi connectivity index (χ3n) is 2.91. The Kier molecular flexibility index (Phi) is 5.21. The molecule has 120 valence electrons. The third kappa shape index (κ3) is 4.78. The summed E-state index contributed by atoms with van der Waals surface area (Å²) in [6, 6.07) is 3.31. The van der Waals surface area contributed by atoms with Crippen LogP contribution in [0.2, 0.25) is 5.02 Å². The minimum absolute atomic E-state index is 0.0322. The standard InChI is InChI=1S/C13H17ClF3NO2S/c1-12(2,3)21(19,20)7-6-18-11-5-4-9(14)8-10(11)13(15,16)17/h4-5,8,18H,6-7H2,1-3H3. The highest BCUT2D eigenvalue weighted by atomic mass is 35.5. The van der Waals surface area contributed by atoms with E-state index in [0.29, 0.717) is 0 Å². The Hall–Kier alpha value is -0.950. The molecule has 0 unspecified atom stereocenters. The van der Waals surface area contributed by atoms with E-state index in [0.717, 1.165) is 6.07 Å². The summed E-state index contributed by atoms with van der Waals surface area (Å²) in [6.45, 7) is 4.54. The van der Waals surface area contributed by atoms with Gasteiger partial charge in [-0.05, 0) is 39.0 Å². The second-order valence-corrected chi connectivity index (χ2v) is 8.84. The first-order valence-electron chi connectivity index (χ1n) is 6.17. The van der Waals surface area contributed by atoms with Crippen molar-refractivity contribution < 1.29 is 21.6 Å². The Morgan fingerprint density at radius 3 is 2.24 bits per heavy atom. The van der Waals surface area contributed by atoms with Gasteiger partial charge in [0.2, 0.25) is 0 Å². The number of hydrogen-bond donors (Lipinski definition) is 1. The molecule has 0 radical (unpaired) electrons. The summed E-state index contributed by atoms with van der Waals surface area (Å²) in [5.74, 6) is -0.254. The Morgan fingerprint density at radius 2 is 1.76 bits per heavy atom. The number of alkyl halides is 3. The van der Waals surface area contributed by atoms with Crippen LogP contribution in [-0.4, -0.2) is 25.5 Å². The summed E-state index contributed by atoms with van der Waals surface area (Å²) in [5, 5.41) is 2.49. The van der Waals surface area contributed by atoms with Crippen LogP contribution in [0.3, 0.4) is 0 Å². The van der Waals surface area contributed by atoms with Crippen LogP contribution >= 0.6 is 11.6 Å². The molecule has 0 aliphatic carbocycles. The van der Waals surface area contributed by atoms with Crippen molar-refractivity contribution >= 4 is 27.1 Å². The van der Waals surface area contributed by atoms with Gasteiger partial charge in [0.05, 0.1) is 16.1 Å². The third-order valence-corrected chi connectivity index (χ3v) is 5.75. The molecule has 0 bridgehead atoms. The van der Waals surface area contributed by atoms with Crippen LogP contribution in [0.1, 0.15) is 26.3 Å². The van der Waals surface area contributed by atoms with Crippen LogP contribution in [0.5, 0.6) is 0 Å². The highest BCUT2D eigenvalue weighted by Gasteiger charge is 2.34. The fourth-order valence-corrected chi connectivity index (χ4v) is 2.69. The highest BCUT2D eigenvalue weighted by Crippen LogP contribution is 2.36. The van der Waals surface area contributed by atoms with E-state index >= 15 is 0 Å². The molecule has 1 aromatic carbocycles. The van der Waals surface area contributed by atoms with Crippen molar-refractivity contribution in [3.8, 4) is 0 Å². The summed E-state index contributed by atoms with van der Waals surface area (Å²) in [7, 11) is -3.39. The molecule has 0 atom stereocenters. The maximum atomic E-state index is 12.9. The van der Waals surface area contributed by atoms with Crippen molar-refractivity contribution in [3.63, 3.8) is 0 Å². The van der Waals surface area contributed by atoms with Crippen LogP contribution in [0.4, 0.5) is 18.9 Å². The zero-order valence-electron chi connectivity index (χ0n) is 11.9. The Labute approximate surface area is 127 Å². The Balaban J connectivity index is 2.87. The SMILES string of the molecule is CC(C)(C)S(=O)(=O)CCNc1ccc(Cl)cc1C(F)(F)F. The van der Waals surface area contributed by atoms with Crippen molar-refractivity contribution in [2.75, 3.05) is 17.6 Å². The highest BCUT2D eigenvalue weighted by molar-refractivity contribution is 7.92. The molecule has 0 aliphatic heterocycles. The molecule has 3 nitrogen and oxygen atoms in total. The molecule has 0 spiro atoms. The van der Waals surface area contributed by atoms with Gasteiger partial charge in [-0.25, -0.2) is 8.42 Å². The number of hydrogen-bond acceptors (Lipinski definition) is 3. The largest absolute Gasteiger partial charge is 0.418 e. The van der Waals surface area contributed by atoms with Gasteiger partial charge in [0, 0.05) is 17.3 Å². The molecular formula is C13H17ClF3NO2S. The molecule has 1 aromatic rings. The molecule has 0 aromatic heterocycles. The second kappa shape index (κ2) is 6.04. The lowest BCUT2D eigenvalue weighted by atomic mass is 10.1. The van der Waals surface area contributed by atoms with Gasteiger partial charge in [-0.15, -0.1) is 0 Å². The number of anilines is 1. The van der Waals surface area contributed by atoms with E-state index in [4.69, 9.17) is 11.6 Å². The molecule has 0 aliphatic rings. The first kappa shape index (κ1) is 18.1. The van der Waals surface area contributed by atoms with Gasteiger partial charge in [-0.3, -0.25) is 0 Å². The van der Waals surface area contributed by atoms with E-state index in [1.807, 2.05) is 0 Å². The van der Waals surface area contributed by atoms with E-state index < -0.39 is 26.3 Å². The van der Waals surface area contributed by atoms with Crippen LogP contribution in [0.15, 0.2) is 18.2 Å². The maximum Gasteiger partial charge on any atom is 0.418 e. The van der Waals surface area contributed by atoms with Gasteiger partial charge in [0.1, 0.15) is 0 Å². The summed E-state index contributed by atoms with van der Waals surface area (Å²) in [6.07, 6.45) is -4.56. The zero-order valence-corrected chi connectivity index (χ0v) is 13.5. The van der Waals surface area contributed by atoms with Crippen molar-refractivity contribution in [1.29, 1.82) is 0 Å². The van der Waals surface area contributed by atoms with Crippen molar-refractivity contribution in [3.05, 3.63) is 28.8 Å². The molecule has 0 fully saturated rings. The predicted molar refractivity (Wildman–Crippen MR) is 78.5 cm³/mol. The number of halogens is 4. The Bertz CT molecular complexity index is 607. The van der Waals surface area contributed by atoms with Crippen LogP contribution in [0, 0.1) is 0 Å². The zero-order chi connectivity index (χ0) is 16.5. The van der Waals surface area contributed by atoms with E-state index in [9.17, 15) is 21.6 Å². The average Bonchev–Trinajstić information content (AvgIpc) is 2.28. The van der Waals surface area contributed by atoms with Crippen molar-refractivity contribution in [2.24, 2.45) is 0 Å². The molecular weight excluding hydrogens is 327 g/mol. The first-order chi connectivity index (χ1) is 9.34. The number of sulfone groups is 1. The van der Waals surface area contributed by atoms with Gasteiger partial charge in [-0.2, -0.15) is 13.2 Å². The first-order valence-corrected chi connectivity index (χ1v) is 8.20. The van der Waals surface area contributed by atoms with Crippen molar-refractivity contribution in [2.45, 2.75) is 31.7 Å². The van der Waals surface area contributed by atoms with E-state index in [-0.39, 0.29) is 23.0 Å². The fourth-order valence-electron chi connectivity index (χ4n) is 1.53. The molecule has 0 saturated carbocycles. The van der Waals surface area contributed by atoms with E-state index in [1.54, 1.807) is 20.8 Å². The topological polar surface area (TPSA) is 46.2 Å². The van der Waals surface area contributed by atoms with Crippen molar-refractivity contribution in [1.82, 2.24) is 0 Å². The lowest BCUT2D eigenvalue weighted by molar-refractivity contribution is -0.136. The minimum atomic E-state index is -4.56. The smallest absolute Gasteiger partial charge is 0.384 e. The van der Waals surface area contributed by atoms with Crippen LogP contribution < -0.4 is 5.32 Å². The predicted octanol–water partition coefficient (Wildman–Crippen LogP) is 3.98. The summed E-state index contributed by atoms with van der Waals surface area (Å²) < 4.78 is 61.4. The number of rotatable bonds is 4.